The van der Waals surface area contributed by atoms with E-state index in [2.05, 4.69) is 14.9 Å². The zero-order valence-electron chi connectivity index (χ0n) is 19.4. The van der Waals surface area contributed by atoms with Crippen molar-refractivity contribution in [2.75, 3.05) is 31.2 Å². The molecule has 1 fully saturated rings. The van der Waals surface area contributed by atoms with Crippen LogP contribution in [0.4, 0.5) is 11.4 Å². The Labute approximate surface area is 211 Å². The number of morpholine rings is 1. The van der Waals surface area contributed by atoms with Crippen molar-refractivity contribution >= 4 is 44.2 Å². The molecular formula is C25H21N5O6S. The van der Waals surface area contributed by atoms with Gasteiger partial charge in [-0.05, 0) is 48.6 Å². The molecule has 1 aliphatic rings. The Balaban J connectivity index is 1.60. The molecule has 0 N–H and O–H groups in total. The molecule has 2 aromatic heterocycles. The van der Waals surface area contributed by atoms with E-state index in [1.165, 1.54) is 42.9 Å². The van der Waals surface area contributed by atoms with Crippen molar-refractivity contribution < 1.29 is 22.9 Å². The summed E-state index contributed by atoms with van der Waals surface area (Å²) in [6.45, 7) is 2.57. The molecule has 0 radical (unpaired) electrons. The van der Waals surface area contributed by atoms with Crippen molar-refractivity contribution in [1.29, 1.82) is 0 Å². The first-order chi connectivity index (χ1) is 17.8. The molecule has 37 heavy (non-hydrogen) atoms. The smallest absolute Gasteiger partial charge is 0.269 e. The third-order valence-electron chi connectivity index (χ3n) is 5.97. The van der Waals surface area contributed by atoms with Gasteiger partial charge in [-0.3, -0.25) is 14.9 Å². The number of hydrogen-bond donors (Lipinski definition) is 0. The summed E-state index contributed by atoms with van der Waals surface area (Å²) in [4.78, 5) is 32.9. The molecule has 0 aliphatic carbocycles. The van der Waals surface area contributed by atoms with E-state index in [1.54, 1.807) is 12.1 Å². The third kappa shape index (κ3) is 4.84. The maximum absolute atomic E-state index is 13.5. The number of aromatic nitrogens is 3. The Bertz CT molecular complexity index is 1610. The Morgan fingerprint density at radius 1 is 1.05 bits per heavy atom. The lowest BCUT2D eigenvalue weighted by molar-refractivity contribution is -0.384. The second-order valence-electron chi connectivity index (χ2n) is 8.21. The van der Waals surface area contributed by atoms with Gasteiger partial charge in [-0.15, -0.1) is 0 Å². The lowest BCUT2D eigenvalue weighted by Gasteiger charge is -2.29. The van der Waals surface area contributed by atoms with E-state index in [4.69, 9.17) is 4.74 Å². The van der Waals surface area contributed by atoms with Crippen LogP contribution in [0, 0.1) is 10.1 Å². The quantitative estimate of drug-likeness (QED) is 0.156. The Hall–Kier alpha value is -4.42. The summed E-state index contributed by atoms with van der Waals surface area (Å²) in [6, 6.07) is 11.7. The van der Waals surface area contributed by atoms with Gasteiger partial charge >= 0.3 is 0 Å². The molecule has 12 heteroatoms. The normalized spacial score (nSPS) is 14.3. The summed E-state index contributed by atoms with van der Waals surface area (Å²) in [7, 11) is -4.10. The number of ether oxygens (including phenoxy) is 1. The van der Waals surface area contributed by atoms with Gasteiger partial charge in [0.2, 0.25) is 5.78 Å². The van der Waals surface area contributed by atoms with E-state index in [1.807, 2.05) is 12.1 Å². The Morgan fingerprint density at radius 2 is 1.76 bits per heavy atom. The number of carbonyl (C=O) groups is 1. The number of anilines is 1. The lowest BCUT2D eigenvalue weighted by Crippen LogP contribution is -2.36. The summed E-state index contributed by atoms with van der Waals surface area (Å²) < 4.78 is 33.6. The predicted octanol–water partition coefficient (Wildman–Crippen LogP) is 3.31. The molecule has 5 rings (SSSR count). The van der Waals surface area contributed by atoms with Gasteiger partial charge < -0.3 is 9.64 Å². The molecule has 0 spiro atoms. The summed E-state index contributed by atoms with van der Waals surface area (Å²) >= 11 is 0. The molecule has 1 saturated heterocycles. The number of allylic oxidation sites excluding steroid dienone is 1. The molecule has 2 aromatic carbocycles. The highest BCUT2D eigenvalue weighted by atomic mass is 32.2. The Morgan fingerprint density at radius 3 is 2.43 bits per heavy atom. The number of carbonyl (C=O) groups excluding carboxylic acids is 1. The van der Waals surface area contributed by atoms with Crippen LogP contribution in [0.1, 0.15) is 16.2 Å². The van der Waals surface area contributed by atoms with Crippen molar-refractivity contribution in [3.63, 3.8) is 0 Å². The minimum Gasteiger partial charge on any atom is -0.378 e. The topological polar surface area (TPSA) is 138 Å². The molecule has 11 nitrogen and oxygen atoms in total. The predicted molar refractivity (Wildman–Crippen MR) is 136 cm³/mol. The SMILES string of the molecule is O=C(/C=C/c1cn(S(=O)(=O)c2ccc([N+](=O)[O-])cc2)c2ccc(N3CCOCC3)cc12)c1ncccn1. The lowest BCUT2D eigenvalue weighted by atomic mass is 10.1. The number of benzene rings is 2. The van der Waals surface area contributed by atoms with Crippen LogP contribution in [0.25, 0.3) is 17.0 Å². The maximum atomic E-state index is 13.5. The van der Waals surface area contributed by atoms with E-state index in [0.29, 0.717) is 42.8 Å². The number of fused-ring (bicyclic) bond motifs is 1. The molecule has 1 aliphatic heterocycles. The van der Waals surface area contributed by atoms with E-state index in [9.17, 15) is 23.3 Å². The van der Waals surface area contributed by atoms with Gasteiger partial charge in [0.25, 0.3) is 15.7 Å². The average Bonchev–Trinajstić information content (AvgIpc) is 3.31. The van der Waals surface area contributed by atoms with Crippen molar-refractivity contribution in [3.8, 4) is 0 Å². The van der Waals surface area contributed by atoms with Gasteiger partial charge in [0.1, 0.15) is 0 Å². The zero-order valence-corrected chi connectivity index (χ0v) is 20.2. The first-order valence-electron chi connectivity index (χ1n) is 11.3. The van der Waals surface area contributed by atoms with Crippen molar-refractivity contribution in [3.05, 3.63) is 94.7 Å². The average molecular weight is 520 g/mol. The van der Waals surface area contributed by atoms with Gasteiger partial charge in [0.05, 0.1) is 28.5 Å². The molecule has 0 bridgehead atoms. The van der Waals surface area contributed by atoms with Gasteiger partial charge in [0.15, 0.2) is 5.82 Å². The van der Waals surface area contributed by atoms with Crippen LogP contribution >= 0.6 is 0 Å². The van der Waals surface area contributed by atoms with Gasteiger partial charge in [-0.25, -0.2) is 22.4 Å². The first-order valence-corrected chi connectivity index (χ1v) is 12.8. The number of ketones is 1. The molecule has 3 heterocycles. The Kier molecular flexibility index (Phi) is 6.51. The van der Waals surface area contributed by atoms with Gasteiger partial charge in [-0.2, -0.15) is 0 Å². The highest BCUT2D eigenvalue weighted by Crippen LogP contribution is 2.31. The van der Waals surface area contributed by atoms with Crippen LogP contribution in [-0.4, -0.2) is 59.4 Å². The van der Waals surface area contributed by atoms with E-state index < -0.39 is 20.7 Å². The van der Waals surface area contributed by atoms with Crippen LogP contribution in [0.5, 0.6) is 0 Å². The molecule has 4 aromatic rings. The van der Waals surface area contributed by atoms with Crippen LogP contribution in [0.3, 0.4) is 0 Å². The molecular weight excluding hydrogens is 498 g/mol. The number of nitrogens with zero attached hydrogens (tertiary/aromatic N) is 5. The fraction of sp³-hybridized carbons (Fsp3) is 0.160. The fourth-order valence-electron chi connectivity index (χ4n) is 4.08. The van der Waals surface area contributed by atoms with Crippen LogP contribution in [-0.2, 0) is 14.8 Å². The molecule has 188 valence electrons. The van der Waals surface area contributed by atoms with Crippen molar-refractivity contribution in [1.82, 2.24) is 13.9 Å². The van der Waals surface area contributed by atoms with E-state index >= 15 is 0 Å². The number of rotatable bonds is 7. The highest BCUT2D eigenvalue weighted by Gasteiger charge is 2.23. The van der Waals surface area contributed by atoms with Crippen LogP contribution < -0.4 is 4.90 Å². The number of hydrogen-bond acceptors (Lipinski definition) is 9. The van der Waals surface area contributed by atoms with E-state index in [-0.39, 0.29) is 16.4 Å². The summed E-state index contributed by atoms with van der Waals surface area (Å²) in [6.07, 6.45) is 7.19. The van der Waals surface area contributed by atoms with Crippen molar-refractivity contribution in [2.24, 2.45) is 0 Å². The minimum absolute atomic E-state index is 0.0231. The molecule has 0 atom stereocenters. The highest BCUT2D eigenvalue weighted by molar-refractivity contribution is 7.90. The monoisotopic (exact) mass is 519 g/mol. The molecule has 0 amide bonds. The summed E-state index contributed by atoms with van der Waals surface area (Å²) in [5, 5.41) is 11.6. The second kappa shape index (κ2) is 9.91. The number of nitro benzene ring substituents is 1. The summed E-state index contributed by atoms with van der Waals surface area (Å²) in [5.41, 5.74) is 1.59. The maximum Gasteiger partial charge on any atom is 0.269 e. The molecule has 0 saturated carbocycles. The van der Waals surface area contributed by atoms with Crippen LogP contribution in [0.2, 0.25) is 0 Å². The summed E-state index contributed by atoms with van der Waals surface area (Å²) in [5.74, 6) is -0.404. The number of non-ortho nitro benzene ring substituents is 1. The largest absolute Gasteiger partial charge is 0.378 e. The third-order valence-corrected chi connectivity index (χ3v) is 7.65. The van der Waals surface area contributed by atoms with Gasteiger partial charge in [-0.1, -0.05) is 0 Å². The second-order valence-corrected chi connectivity index (χ2v) is 10.0. The fourth-order valence-corrected chi connectivity index (χ4v) is 5.46. The van der Waals surface area contributed by atoms with Crippen LogP contribution in [0.15, 0.2) is 78.1 Å². The first kappa shape index (κ1) is 24.3. The molecule has 0 unspecified atom stereocenters. The standard InChI is InChI=1S/C25H21N5O6S/c31-24(25-26-10-1-11-27-25)9-2-18-17-29(37(34,35)21-6-3-19(4-7-21)30(32)33)23-8-5-20(16-22(18)23)28-12-14-36-15-13-28/h1-11,16-17H,12-15H2/b9-2+. The van der Waals surface area contributed by atoms with Gasteiger partial charge in [0, 0.05) is 60.4 Å². The zero-order chi connectivity index (χ0) is 26.0. The minimum atomic E-state index is -4.10. The van der Waals surface area contributed by atoms with Crippen molar-refractivity contribution in [2.45, 2.75) is 4.90 Å². The van der Waals surface area contributed by atoms with E-state index in [0.717, 1.165) is 21.8 Å². The number of nitro groups is 1.